The summed E-state index contributed by atoms with van der Waals surface area (Å²) in [6.07, 6.45) is 0. The third-order valence-electron chi connectivity index (χ3n) is 1.03. The fraction of sp³-hybridized carbons (Fsp3) is 0.143. The van der Waals surface area contributed by atoms with Crippen LogP contribution >= 0.6 is 23.2 Å². The van der Waals surface area contributed by atoms with Crippen molar-refractivity contribution >= 4 is 23.2 Å². The highest BCUT2D eigenvalue weighted by Crippen LogP contribution is 2.26. The van der Waals surface area contributed by atoms with E-state index >= 15 is 0 Å². The number of ether oxygens (including phenoxy) is 1. The molecule has 1 rings (SSSR count). The molecule has 0 saturated heterocycles. The average molecular weight is 213 g/mol. The minimum Gasteiger partial charge on any atom is -0.420 e. The molecule has 0 saturated carbocycles. The molecule has 0 aliphatic carbocycles. The van der Waals surface area contributed by atoms with Crippen LogP contribution in [0.25, 0.3) is 0 Å². The minimum absolute atomic E-state index is 0.0671. The van der Waals surface area contributed by atoms with Crippen LogP contribution < -0.4 is 4.74 Å². The van der Waals surface area contributed by atoms with Crippen molar-refractivity contribution in [3.05, 3.63) is 29.3 Å². The van der Waals surface area contributed by atoms with E-state index in [1.165, 1.54) is 18.2 Å². The molecule has 0 heterocycles. The smallest absolute Gasteiger partial charge is 0.420 e. The molecular formula is C7H4Cl2F2O. The Bertz CT molecular complexity index is 272. The van der Waals surface area contributed by atoms with E-state index in [9.17, 15) is 8.78 Å². The molecule has 1 aromatic carbocycles. The number of alkyl halides is 3. The van der Waals surface area contributed by atoms with Gasteiger partial charge >= 0.3 is 5.57 Å². The predicted molar refractivity (Wildman–Crippen MR) is 42.9 cm³/mol. The van der Waals surface area contributed by atoms with Crippen molar-refractivity contribution in [1.29, 1.82) is 0 Å². The van der Waals surface area contributed by atoms with E-state index in [0.29, 0.717) is 5.02 Å². The summed E-state index contributed by atoms with van der Waals surface area (Å²) in [5.41, 5.74) is -3.69. The van der Waals surface area contributed by atoms with Gasteiger partial charge in [0.05, 0.1) is 0 Å². The van der Waals surface area contributed by atoms with Crippen molar-refractivity contribution in [3.63, 3.8) is 0 Å². The highest BCUT2D eigenvalue weighted by Gasteiger charge is 2.27. The quantitative estimate of drug-likeness (QED) is 0.683. The van der Waals surface area contributed by atoms with Crippen LogP contribution in [0.3, 0.4) is 0 Å². The molecule has 0 aliphatic rings. The Morgan fingerprint density at radius 2 is 2.00 bits per heavy atom. The second-order valence-electron chi connectivity index (χ2n) is 2.01. The third kappa shape index (κ3) is 3.24. The summed E-state index contributed by atoms with van der Waals surface area (Å²) in [5, 5.41) is 0.313. The van der Waals surface area contributed by atoms with Crippen LogP contribution in [0, 0.1) is 0 Å². The minimum atomic E-state index is -3.69. The molecule has 0 radical (unpaired) electrons. The van der Waals surface area contributed by atoms with Crippen molar-refractivity contribution in [3.8, 4) is 5.75 Å². The van der Waals surface area contributed by atoms with E-state index in [2.05, 4.69) is 16.3 Å². The number of halogens is 4. The van der Waals surface area contributed by atoms with E-state index < -0.39 is 5.57 Å². The van der Waals surface area contributed by atoms with Crippen molar-refractivity contribution in [2.24, 2.45) is 0 Å². The molecule has 0 aromatic heterocycles. The predicted octanol–water partition coefficient (Wildman–Crippen LogP) is 3.51. The Hall–Kier alpha value is -0.540. The van der Waals surface area contributed by atoms with Crippen LogP contribution in [-0.2, 0) is 0 Å². The summed E-state index contributed by atoms with van der Waals surface area (Å²) < 4.78 is 28.1. The molecule has 12 heavy (non-hydrogen) atoms. The number of hydrogen-bond acceptors (Lipinski definition) is 1. The SMILES string of the molecule is FC(F)(Cl)Oc1cccc(Cl)c1. The normalized spacial score (nSPS) is 11.3. The van der Waals surface area contributed by atoms with Gasteiger partial charge in [-0.25, -0.2) is 0 Å². The van der Waals surface area contributed by atoms with Gasteiger partial charge in [0.1, 0.15) is 5.75 Å². The summed E-state index contributed by atoms with van der Waals surface area (Å²) in [4.78, 5) is 0. The lowest BCUT2D eigenvalue weighted by Gasteiger charge is -2.09. The van der Waals surface area contributed by atoms with Crippen LogP contribution in [0.1, 0.15) is 0 Å². The molecule has 66 valence electrons. The van der Waals surface area contributed by atoms with Gasteiger partial charge in [-0.1, -0.05) is 17.7 Å². The Labute approximate surface area is 77.8 Å². The molecule has 0 amide bonds. The maximum absolute atomic E-state index is 12.0. The first kappa shape index (κ1) is 9.55. The van der Waals surface area contributed by atoms with Gasteiger partial charge in [0.15, 0.2) is 0 Å². The third-order valence-corrected chi connectivity index (χ3v) is 1.34. The summed E-state index contributed by atoms with van der Waals surface area (Å²) in [5.74, 6) is -0.0671. The molecule has 0 bridgehead atoms. The van der Waals surface area contributed by atoms with Gasteiger partial charge in [0.25, 0.3) is 0 Å². The molecule has 0 atom stereocenters. The van der Waals surface area contributed by atoms with Gasteiger partial charge in [-0.05, 0) is 18.2 Å². The number of hydrogen-bond donors (Lipinski definition) is 0. The van der Waals surface area contributed by atoms with Crippen LogP contribution in [0.2, 0.25) is 5.02 Å². The van der Waals surface area contributed by atoms with Crippen LogP contribution in [0.4, 0.5) is 8.78 Å². The van der Waals surface area contributed by atoms with Crippen molar-refractivity contribution in [2.75, 3.05) is 0 Å². The Morgan fingerprint density at radius 3 is 2.50 bits per heavy atom. The zero-order valence-corrected chi connectivity index (χ0v) is 7.24. The number of benzene rings is 1. The van der Waals surface area contributed by atoms with Gasteiger partial charge < -0.3 is 4.74 Å². The van der Waals surface area contributed by atoms with E-state index in [0.717, 1.165) is 0 Å². The zero-order chi connectivity index (χ0) is 9.19. The highest BCUT2D eigenvalue weighted by molar-refractivity contribution is 6.30. The monoisotopic (exact) mass is 212 g/mol. The van der Waals surface area contributed by atoms with E-state index in [4.69, 9.17) is 11.6 Å². The summed E-state index contributed by atoms with van der Waals surface area (Å²) in [6, 6.07) is 5.61. The van der Waals surface area contributed by atoms with E-state index in [-0.39, 0.29) is 5.75 Å². The van der Waals surface area contributed by atoms with E-state index in [1.54, 1.807) is 6.07 Å². The Morgan fingerprint density at radius 1 is 1.33 bits per heavy atom. The molecule has 0 fully saturated rings. The molecule has 1 aromatic rings. The fourth-order valence-electron chi connectivity index (χ4n) is 0.664. The second kappa shape index (κ2) is 3.46. The lowest BCUT2D eigenvalue weighted by molar-refractivity contribution is -0.0964. The topological polar surface area (TPSA) is 9.23 Å². The highest BCUT2D eigenvalue weighted by atomic mass is 35.5. The van der Waals surface area contributed by atoms with Gasteiger partial charge in [0.2, 0.25) is 0 Å². The average Bonchev–Trinajstić information content (AvgIpc) is 1.82. The molecule has 0 spiro atoms. The van der Waals surface area contributed by atoms with Gasteiger partial charge in [-0.3, -0.25) is 0 Å². The van der Waals surface area contributed by atoms with Crippen molar-refractivity contribution in [1.82, 2.24) is 0 Å². The Kier molecular flexibility index (Phi) is 2.75. The summed E-state index contributed by atoms with van der Waals surface area (Å²) >= 11 is 10.0. The first-order valence-electron chi connectivity index (χ1n) is 2.99. The van der Waals surface area contributed by atoms with Crippen molar-refractivity contribution < 1.29 is 13.5 Å². The lowest BCUT2D eigenvalue weighted by atomic mass is 10.3. The Balaban J connectivity index is 2.77. The van der Waals surface area contributed by atoms with Crippen LogP contribution in [-0.4, -0.2) is 5.57 Å². The maximum atomic E-state index is 12.0. The molecule has 5 heteroatoms. The standard InChI is InChI=1S/C7H4Cl2F2O/c8-5-2-1-3-6(4-5)12-7(9,10)11/h1-4H. The molecule has 0 aliphatic heterocycles. The first-order chi connectivity index (χ1) is 5.47. The number of rotatable bonds is 2. The molecular weight excluding hydrogens is 209 g/mol. The van der Waals surface area contributed by atoms with Crippen molar-refractivity contribution in [2.45, 2.75) is 5.57 Å². The van der Waals surface area contributed by atoms with Gasteiger partial charge in [-0.2, -0.15) is 0 Å². The van der Waals surface area contributed by atoms with Gasteiger partial charge in [0, 0.05) is 16.6 Å². The molecule has 0 unspecified atom stereocenters. The second-order valence-corrected chi connectivity index (χ2v) is 2.88. The largest absolute Gasteiger partial charge is 0.487 e. The van der Waals surface area contributed by atoms with Crippen LogP contribution in [0.5, 0.6) is 5.75 Å². The molecule has 0 N–H and O–H groups in total. The lowest BCUT2D eigenvalue weighted by Crippen LogP contribution is -2.15. The van der Waals surface area contributed by atoms with Gasteiger partial charge in [-0.15, -0.1) is 8.78 Å². The fourth-order valence-corrected chi connectivity index (χ4v) is 0.933. The summed E-state index contributed by atoms with van der Waals surface area (Å²) in [7, 11) is 0. The van der Waals surface area contributed by atoms with Crippen LogP contribution in [0.15, 0.2) is 24.3 Å². The summed E-state index contributed by atoms with van der Waals surface area (Å²) in [6.45, 7) is 0. The zero-order valence-electron chi connectivity index (χ0n) is 5.73. The first-order valence-corrected chi connectivity index (χ1v) is 3.74. The molecule has 1 nitrogen and oxygen atoms in total. The van der Waals surface area contributed by atoms with E-state index in [1.807, 2.05) is 0 Å². The maximum Gasteiger partial charge on any atom is 0.487 e.